The largest absolute Gasteiger partial charge is 0.294 e. The third-order valence-corrected chi connectivity index (χ3v) is 5.31. The van der Waals surface area contributed by atoms with E-state index >= 15 is 0 Å². The topological polar surface area (TPSA) is 37.4 Å². The molecule has 4 heteroatoms. The summed E-state index contributed by atoms with van der Waals surface area (Å²) >= 11 is 0. The summed E-state index contributed by atoms with van der Waals surface area (Å²) in [6.07, 6.45) is 1.95. The number of para-hydroxylation sites is 1. The average molecular weight is 349 g/mol. The number of amides is 1. The van der Waals surface area contributed by atoms with Crippen LogP contribution in [-0.2, 0) is 9.59 Å². The molecule has 2 aromatic carbocycles. The van der Waals surface area contributed by atoms with E-state index in [0.29, 0.717) is 24.0 Å². The van der Waals surface area contributed by atoms with Gasteiger partial charge in [0, 0.05) is 30.0 Å². The van der Waals surface area contributed by atoms with Gasteiger partial charge in [0.1, 0.15) is 5.82 Å². The second-order valence-electron chi connectivity index (χ2n) is 6.93. The summed E-state index contributed by atoms with van der Waals surface area (Å²) in [5.74, 6) is -0.904. The molecule has 1 amide bonds. The van der Waals surface area contributed by atoms with Crippen LogP contribution in [-0.4, -0.2) is 11.7 Å². The Morgan fingerprint density at radius 3 is 2.50 bits per heavy atom. The summed E-state index contributed by atoms with van der Waals surface area (Å²) < 4.78 is 14.4. The third-order valence-electron chi connectivity index (χ3n) is 5.31. The molecule has 1 aliphatic carbocycles. The first-order chi connectivity index (χ1) is 12.6. The minimum atomic E-state index is -0.494. The van der Waals surface area contributed by atoms with Crippen LogP contribution in [0.4, 0.5) is 10.1 Å². The maximum atomic E-state index is 14.4. The van der Waals surface area contributed by atoms with Crippen molar-refractivity contribution >= 4 is 17.4 Å². The van der Waals surface area contributed by atoms with Crippen molar-refractivity contribution in [3.63, 3.8) is 0 Å². The van der Waals surface area contributed by atoms with Gasteiger partial charge in [0.25, 0.3) is 0 Å². The SMILES string of the molecule is Cc1ccccc1N1C(=O)CC(c2ccccc2F)C2=C1CCCC2=O. The molecule has 1 unspecified atom stereocenters. The molecule has 0 fully saturated rings. The Morgan fingerprint density at radius 1 is 1.00 bits per heavy atom. The van der Waals surface area contributed by atoms with E-state index < -0.39 is 5.92 Å². The third kappa shape index (κ3) is 2.66. The molecule has 1 atom stereocenters. The molecule has 0 aromatic heterocycles. The molecule has 0 saturated heterocycles. The molecule has 0 radical (unpaired) electrons. The minimum absolute atomic E-state index is 0.0330. The van der Waals surface area contributed by atoms with Crippen LogP contribution in [0.15, 0.2) is 59.8 Å². The number of rotatable bonds is 2. The van der Waals surface area contributed by atoms with E-state index in [9.17, 15) is 14.0 Å². The summed E-state index contributed by atoms with van der Waals surface area (Å²) in [6.45, 7) is 1.95. The van der Waals surface area contributed by atoms with Crippen LogP contribution in [0, 0.1) is 12.7 Å². The van der Waals surface area contributed by atoms with Crippen molar-refractivity contribution in [1.29, 1.82) is 0 Å². The molecule has 0 spiro atoms. The van der Waals surface area contributed by atoms with Crippen molar-refractivity contribution in [2.45, 2.75) is 38.5 Å². The smallest absolute Gasteiger partial charge is 0.232 e. The molecule has 26 heavy (non-hydrogen) atoms. The molecule has 0 bridgehead atoms. The maximum Gasteiger partial charge on any atom is 0.232 e. The highest BCUT2D eigenvalue weighted by Crippen LogP contribution is 2.44. The van der Waals surface area contributed by atoms with Gasteiger partial charge in [0.05, 0.1) is 5.69 Å². The zero-order chi connectivity index (χ0) is 18.3. The van der Waals surface area contributed by atoms with Crippen molar-refractivity contribution in [2.24, 2.45) is 0 Å². The lowest BCUT2D eigenvalue weighted by Gasteiger charge is -2.39. The number of benzene rings is 2. The van der Waals surface area contributed by atoms with Crippen LogP contribution < -0.4 is 4.90 Å². The van der Waals surface area contributed by atoms with Crippen molar-refractivity contribution in [1.82, 2.24) is 0 Å². The fourth-order valence-electron chi connectivity index (χ4n) is 4.11. The van der Waals surface area contributed by atoms with Crippen LogP contribution in [0.1, 0.15) is 42.7 Å². The number of halogens is 1. The van der Waals surface area contributed by atoms with Gasteiger partial charge >= 0.3 is 0 Å². The van der Waals surface area contributed by atoms with Crippen molar-refractivity contribution in [3.05, 3.63) is 76.7 Å². The van der Waals surface area contributed by atoms with Crippen LogP contribution in [0.3, 0.4) is 0 Å². The lowest BCUT2D eigenvalue weighted by atomic mass is 9.77. The number of nitrogens with zero attached hydrogens (tertiary/aromatic N) is 1. The highest BCUT2D eigenvalue weighted by Gasteiger charge is 2.40. The Labute approximate surface area is 152 Å². The second kappa shape index (κ2) is 6.52. The standard InChI is InChI=1S/C22H20FNO2/c1-14-7-2-5-10-18(14)24-19-11-6-12-20(25)22(19)16(13-21(24)26)15-8-3-4-9-17(15)23/h2-5,7-10,16H,6,11-13H2,1H3. The van der Waals surface area contributed by atoms with Crippen LogP contribution in [0.5, 0.6) is 0 Å². The first-order valence-electron chi connectivity index (χ1n) is 8.97. The van der Waals surface area contributed by atoms with Gasteiger partial charge in [-0.15, -0.1) is 0 Å². The number of anilines is 1. The molecular weight excluding hydrogens is 329 g/mol. The van der Waals surface area contributed by atoms with Crippen LogP contribution in [0.2, 0.25) is 0 Å². The Morgan fingerprint density at radius 2 is 1.73 bits per heavy atom. The fraction of sp³-hybridized carbons (Fsp3) is 0.273. The first-order valence-corrected chi connectivity index (χ1v) is 8.97. The van der Waals surface area contributed by atoms with E-state index in [0.717, 1.165) is 23.4 Å². The van der Waals surface area contributed by atoms with Gasteiger partial charge in [-0.1, -0.05) is 36.4 Å². The van der Waals surface area contributed by atoms with Gasteiger partial charge < -0.3 is 0 Å². The number of hydrogen-bond acceptors (Lipinski definition) is 2. The summed E-state index contributed by atoms with van der Waals surface area (Å²) in [7, 11) is 0. The van der Waals surface area contributed by atoms with E-state index in [2.05, 4.69) is 0 Å². The Bertz CT molecular complexity index is 931. The molecule has 2 aliphatic rings. The van der Waals surface area contributed by atoms with Gasteiger partial charge in [-0.3, -0.25) is 14.5 Å². The van der Waals surface area contributed by atoms with Crippen LogP contribution >= 0.6 is 0 Å². The number of ketones is 1. The second-order valence-corrected chi connectivity index (χ2v) is 6.93. The molecule has 1 heterocycles. The van der Waals surface area contributed by atoms with E-state index in [1.807, 2.05) is 31.2 Å². The van der Waals surface area contributed by atoms with Crippen molar-refractivity contribution < 1.29 is 14.0 Å². The predicted octanol–water partition coefficient (Wildman–Crippen LogP) is 4.66. The van der Waals surface area contributed by atoms with E-state index in [-0.39, 0.29) is 23.9 Å². The minimum Gasteiger partial charge on any atom is -0.294 e. The van der Waals surface area contributed by atoms with Gasteiger partial charge in [-0.2, -0.15) is 0 Å². The summed E-state index contributed by atoms with van der Waals surface area (Å²) in [6, 6.07) is 14.1. The molecule has 1 aliphatic heterocycles. The molecule has 0 saturated carbocycles. The molecule has 3 nitrogen and oxygen atoms in total. The zero-order valence-corrected chi connectivity index (χ0v) is 14.7. The zero-order valence-electron chi connectivity index (χ0n) is 14.7. The fourth-order valence-corrected chi connectivity index (χ4v) is 4.11. The number of carbonyl (C=O) groups is 2. The summed E-state index contributed by atoms with van der Waals surface area (Å²) in [4.78, 5) is 27.5. The average Bonchev–Trinajstić information content (AvgIpc) is 2.63. The summed E-state index contributed by atoms with van der Waals surface area (Å²) in [5, 5.41) is 0. The Hall–Kier alpha value is -2.75. The number of allylic oxidation sites excluding steroid dienone is 2. The van der Waals surface area contributed by atoms with E-state index in [1.165, 1.54) is 6.07 Å². The maximum absolute atomic E-state index is 14.4. The molecular formula is C22H20FNO2. The Balaban J connectivity index is 1.91. The highest BCUT2D eigenvalue weighted by atomic mass is 19.1. The molecule has 2 aromatic rings. The van der Waals surface area contributed by atoms with E-state index in [4.69, 9.17) is 0 Å². The quantitative estimate of drug-likeness (QED) is 0.791. The number of hydrogen-bond donors (Lipinski definition) is 0. The van der Waals surface area contributed by atoms with Gasteiger partial charge in [0.15, 0.2) is 5.78 Å². The highest BCUT2D eigenvalue weighted by molar-refractivity contribution is 6.07. The normalized spacial score (nSPS) is 20.4. The number of aryl methyl sites for hydroxylation is 1. The van der Waals surface area contributed by atoms with E-state index in [1.54, 1.807) is 23.1 Å². The van der Waals surface area contributed by atoms with Gasteiger partial charge in [0.2, 0.25) is 5.91 Å². The van der Waals surface area contributed by atoms with Crippen LogP contribution in [0.25, 0.3) is 0 Å². The lowest BCUT2D eigenvalue weighted by molar-refractivity contribution is -0.119. The van der Waals surface area contributed by atoms with Gasteiger partial charge in [-0.25, -0.2) is 4.39 Å². The Kier molecular flexibility index (Phi) is 4.19. The molecule has 132 valence electrons. The van der Waals surface area contributed by atoms with Crippen molar-refractivity contribution in [2.75, 3.05) is 4.90 Å². The number of carbonyl (C=O) groups excluding carboxylic acids is 2. The first kappa shape index (κ1) is 16.7. The van der Waals surface area contributed by atoms with Gasteiger partial charge in [-0.05, 0) is 43.0 Å². The summed E-state index contributed by atoms with van der Waals surface area (Å²) in [5.41, 5.74) is 3.60. The monoisotopic (exact) mass is 349 g/mol. The lowest BCUT2D eigenvalue weighted by Crippen LogP contribution is -2.41. The predicted molar refractivity (Wildman–Crippen MR) is 98.3 cm³/mol. The molecule has 4 rings (SSSR count). The molecule has 0 N–H and O–H groups in total. The number of Topliss-reactive ketones (excluding diaryl/α,β-unsaturated/α-hetero) is 1. The van der Waals surface area contributed by atoms with Crippen molar-refractivity contribution in [3.8, 4) is 0 Å².